The van der Waals surface area contributed by atoms with Gasteiger partial charge in [-0.15, -0.1) is 4.68 Å². The van der Waals surface area contributed by atoms with Crippen molar-refractivity contribution < 1.29 is 26.5 Å². The number of rotatable bonds is 1. The SMILES string of the molecule is Cc1c2c([n+]3n1CCC3)CC(c1ccccc1)CC2=O.[Br-]. The molecule has 2 aliphatic rings. The molecule has 0 radical (unpaired) electrons. The van der Waals surface area contributed by atoms with Gasteiger partial charge in [-0.2, -0.15) is 4.68 Å². The summed E-state index contributed by atoms with van der Waals surface area (Å²) in [4.78, 5) is 12.6. The fourth-order valence-corrected chi connectivity index (χ4v) is 3.87. The van der Waals surface area contributed by atoms with Crippen LogP contribution < -0.4 is 21.7 Å². The van der Waals surface area contributed by atoms with E-state index >= 15 is 0 Å². The van der Waals surface area contributed by atoms with Gasteiger partial charge in [0.15, 0.2) is 12.3 Å². The van der Waals surface area contributed by atoms with Crippen LogP contribution in [0.3, 0.4) is 0 Å². The van der Waals surface area contributed by atoms with Crippen LogP contribution >= 0.6 is 0 Å². The van der Waals surface area contributed by atoms with Gasteiger partial charge in [0, 0.05) is 25.2 Å². The molecular weight excluding hydrogens is 328 g/mol. The molecule has 2 heterocycles. The maximum Gasteiger partial charge on any atom is 0.219 e. The van der Waals surface area contributed by atoms with Crippen molar-refractivity contribution >= 4 is 5.78 Å². The second-order valence-electron chi connectivity index (χ2n) is 5.95. The van der Waals surface area contributed by atoms with Gasteiger partial charge in [-0.05, 0) is 12.5 Å². The predicted molar refractivity (Wildman–Crippen MR) is 75.8 cm³/mol. The third-order valence-electron chi connectivity index (χ3n) is 4.80. The first-order chi connectivity index (χ1) is 9.75. The van der Waals surface area contributed by atoms with Crippen molar-refractivity contribution in [1.82, 2.24) is 4.68 Å². The zero-order valence-electron chi connectivity index (χ0n) is 12.2. The van der Waals surface area contributed by atoms with Crippen molar-refractivity contribution in [3.63, 3.8) is 0 Å². The Balaban J connectivity index is 0.00000132. The molecule has 1 unspecified atom stereocenters. The van der Waals surface area contributed by atoms with E-state index in [1.54, 1.807) is 0 Å². The van der Waals surface area contributed by atoms with E-state index in [-0.39, 0.29) is 17.0 Å². The normalized spacial score (nSPS) is 19.9. The fourth-order valence-electron chi connectivity index (χ4n) is 3.87. The average Bonchev–Trinajstić information content (AvgIpc) is 3.04. The van der Waals surface area contributed by atoms with Crippen LogP contribution in [0.15, 0.2) is 30.3 Å². The maximum atomic E-state index is 12.6. The lowest BCUT2D eigenvalue weighted by Gasteiger charge is -2.19. The topological polar surface area (TPSA) is 25.9 Å². The standard InChI is InChI=1S/C17H19N2O.BrH/c1-12-17-15(19-9-5-8-18(12)19)10-14(11-16(17)20)13-6-3-2-4-7-13;/h2-4,6-7,14H,5,8-11H2,1H3;1H/q+1;/p-1. The minimum atomic E-state index is 0. The van der Waals surface area contributed by atoms with E-state index in [0.29, 0.717) is 18.1 Å². The molecule has 0 bridgehead atoms. The molecule has 0 spiro atoms. The van der Waals surface area contributed by atoms with E-state index in [4.69, 9.17) is 0 Å². The average molecular weight is 347 g/mol. The number of benzene rings is 1. The third kappa shape index (κ3) is 2.16. The molecule has 0 saturated heterocycles. The first kappa shape index (κ1) is 14.5. The van der Waals surface area contributed by atoms with Gasteiger partial charge in [-0.1, -0.05) is 30.3 Å². The highest BCUT2D eigenvalue weighted by molar-refractivity contribution is 5.99. The Labute approximate surface area is 135 Å². The van der Waals surface area contributed by atoms with Crippen LogP contribution in [-0.2, 0) is 19.5 Å². The Kier molecular flexibility index (Phi) is 3.74. The lowest BCUT2D eigenvalue weighted by atomic mass is 9.81. The Morgan fingerprint density at radius 2 is 1.95 bits per heavy atom. The molecule has 4 rings (SSSR count). The summed E-state index contributed by atoms with van der Waals surface area (Å²) in [5.74, 6) is 0.669. The van der Waals surface area contributed by atoms with Gasteiger partial charge in [-0.25, -0.2) is 0 Å². The number of hydrogen-bond donors (Lipinski definition) is 0. The Morgan fingerprint density at radius 3 is 2.71 bits per heavy atom. The van der Waals surface area contributed by atoms with Gasteiger partial charge in [0.05, 0.1) is 12.2 Å². The van der Waals surface area contributed by atoms with Gasteiger partial charge in [-0.3, -0.25) is 4.79 Å². The summed E-state index contributed by atoms with van der Waals surface area (Å²) >= 11 is 0. The fraction of sp³-hybridized carbons (Fsp3) is 0.412. The second-order valence-corrected chi connectivity index (χ2v) is 5.95. The highest BCUT2D eigenvalue weighted by Crippen LogP contribution is 2.33. The molecule has 0 saturated carbocycles. The zero-order chi connectivity index (χ0) is 13.7. The first-order valence-electron chi connectivity index (χ1n) is 7.46. The van der Waals surface area contributed by atoms with E-state index in [1.165, 1.54) is 23.4 Å². The van der Waals surface area contributed by atoms with E-state index in [2.05, 4.69) is 40.6 Å². The van der Waals surface area contributed by atoms with Gasteiger partial charge < -0.3 is 17.0 Å². The first-order valence-corrected chi connectivity index (χ1v) is 7.46. The minimum absolute atomic E-state index is 0. The van der Waals surface area contributed by atoms with Crippen LogP contribution in [-0.4, -0.2) is 10.5 Å². The molecule has 1 atom stereocenters. The monoisotopic (exact) mass is 346 g/mol. The number of ketones is 1. The summed E-state index contributed by atoms with van der Waals surface area (Å²) in [6.45, 7) is 4.22. The number of hydrogen-bond acceptors (Lipinski definition) is 1. The van der Waals surface area contributed by atoms with Crippen LogP contribution in [0.5, 0.6) is 0 Å². The molecular formula is C17H19BrN2O. The summed E-state index contributed by atoms with van der Waals surface area (Å²) < 4.78 is 4.65. The summed E-state index contributed by atoms with van der Waals surface area (Å²) in [7, 11) is 0. The molecule has 0 fully saturated rings. The molecule has 21 heavy (non-hydrogen) atoms. The highest BCUT2D eigenvalue weighted by atomic mass is 79.9. The largest absolute Gasteiger partial charge is 1.00 e. The Hall–Kier alpha value is -1.42. The summed E-state index contributed by atoms with van der Waals surface area (Å²) in [5.41, 5.74) is 4.75. The van der Waals surface area contributed by atoms with Crippen LogP contribution in [0, 0.1) is 6.92 Å². The van der Waals surface area contributed by atoms with Crippen molar-refractivity contribution in [2.45, 2.75) is 45.2 Å². The van der Waals surface area contributed by atoms with Crippen molar-refractivity contribution in [3.05, 3.63) is 52.8 Å². The predicted octanol–water partition coefficient (Wildman–Crippen LogP) is -0.596. The quantitative estimate of drug-likeness (QED) is 0.633. The molecule has 1 aromatic carbocycles. The maximum absolute atomic E-state index is 12.6. The molecule has 110 valence electrons. The van der Waals surface area contributed by atoms with E-state index in [1.807, 2.05) is 6.07 Å². The summed E-state index contributed by atoms with van der Waals surface area (Å²) in [5, 5.41) is 0. The highest BCUT2D eigenvalue weighted by Gasteiger charge is 2.40. The zero-order valence-corrected chi connectivity index (χ0v) is 13.8. The van der Waals surface area contributed by atoms with Crippen LogP contribution in [0.25, 0.3) is 0 Å². The Morgan fingerprint density at radius 1 is 1.19 bits per heavy atom. The smallest absolute Gasteiger partial charge is 0.219 e. The molecule has 3 nitrogen and oxygen atoms in total. The molecule has 1 aliphatic heterocycles. The molecule has 1 aromatic heterocycles. The van der Waals surface area contributed by atoms with E-state index < -0.39 is 0 Å². The number of fused-ring (bicyclic) bond motifs is 3. The molecule has 4 heteroatoms. The molecule has 0 N–H and O–H groups in total. The van der Waals surface area contributed by atoms with Gasteiger partial charge in [0.2, 0.25) is 5.69 Å². The molecule has 2 aromatic rings. The van der Waals surface area contributed by atoms with Gasteiger partial charge in [0.25, 0.3) is 0 Å². The van der Waals surface area contributed by atoms with E-state index in [9.17, 15) is 4.79 Å². The van der Waals surface area contributed by atoms with Gasteiger partial charge in [0.1, 0.15) is 5.56 Å². The van der Waals surface area contributed by atoms with Gasteiger partial charge >= 0.3 is 0 Å². The number of Topliss-reactive ketones (excluding diaryl/α,β-unsaturated/α-hetero) is 1. The van der Waals surface area contributed by atoms with Crippen molar-refractivity contribution in [1.29, 1.82) is 0 Å². The lowest BCUT2D eigenvalue weighted by Crippen LogP contribution is -3.00. The van der Waals surface area contributed by atoms with Crippen molar-refractivity contribution in [2.24, 2.45) is 0 Å². The molecule has 1 aliphatic carbocycles. The second kappa shape index (κ2) is 5.41. The number of nitrogens with zero attached hydrogens (tertiary/aromatic N) is 2. The van der Waals surface area contributed by atoms with Crippen molar-refractivity contribution in [2.75, 3.05) is 0 Å². The number of carbonyl (C=O) groups is 1. The number of carbonyl (C=O) groups excluding carboxylic acids is 1. The minimum Gasteiger partial charge on any atom is -1.00 e. The number of aromatic nitrogens is 2. The van der Waals surface area contributed by atoms with Crippen molar-refractivity contribution in [3.8, 4) is 0 Å². The van der Waals surface area contributed by atoms with E-state index in [0.717, 1.165) is 25.1 Å². The van der Waals surface area contributed by atoms with Crippen LogP contribution in [0.1, 0.15) is 46.1 Å². The summed E-state index contributed by atoms with van der Waals surface area (Å²) in [6.07, 6.45) is 2.85. The lowest BCUT2D eigenvalue weighted by molar-refractivity contribution is -0.764. The number of halogens is 1. The Bertz CT molecular complexity index is 691. The van der Waals surface area contributed by atoms with Crippen LogP contribution in [0.2, 0.25) is 0 Å². The summed E-state index contributed by atoms with van der Waals surface area (Å²) in [6, 6.07) is 10.5. The third-order valence-corrected chi connectivity index (χ3v) is 4.80. The van der Waals surface area contributed by atoms with Crippen LogP contribution in [0.4, 0.5) is 0 Å². The molecule has 0 amide bonds.